The van der Waals surface area contributed by atoms with Crippen molar-refractivity contribution in [1.82, 2.24) is 0 Å². The lowest BCUT2D eigenvalue weighted by atomic mass is 10.4. The average molecular weight is 162 g/mol. The SMILES string of the molecule is CC1(C)SCCCCS1. The Balaban J connectivity index is 2.36. The summed E-state index contributed by atoms with van der Waals surface area (Å²) in [6, 6.07) is 0. The van der Waals surface area contributed by atoms with Crippen LogP contribution in [0.2, 0.25) is 0 Å². The van der Waals surface area contributed by atoms with Crippen LogP contribution in [-0.4, -0.2) is 15.6 Å². The molecule has 1 aliphatic rings. The molecule has 0 N–H and O–H groups in total. The van der Waals surface area contributed by atoms with Gasteiger partial charge in [0, 0.05) is 0 Å². The fraction of sp³-hybridized carbons (Fsp3) is 1.00. The topological polar surface area (TPSA) is 0 Å². The smallest absolute Gasteiger partial charge is 0.0555 e. The standard InChI is InChI=1S/C7H14S2/c1-7(2)8-5-3-4-6-9-7/h3-6H2,1-2H3. The van der Waals surface area contributed by atoms with Gasteiger partial charge in [0.25, 0.3) is 0 Å². The highest BCUT2D eigenvalue weighted by molar-refractivity contribution is 8.18. The lowest BCUT2D eigenvalue weighted by Gasteiger charge is -2.19. The molecule has 1 aliphatic heterocycles. The molecule has 0 nitrogen and oxygen atoms in total. The normalized spacial score (nSPS) is 27.3. The Morgan fingerprint density at radius 3 is 1.89 bits per heavy atom. The van der Waals surface area contributed by atoms with Crippen LogP contribution in [0.25, 0.3) is 0 Å². The summed E-state index contributed by atoms with van der Waals surface area (Å²) in [6.45, 7) is 4.65. The zero-order valence-electron chi connectivity index (χ0n) is 6.14. The van der Waals surface area contributed by atoms with Crippen molar-refractivity contribution < 1.29 is 0 Å². The van der Waals surface area contributed by atoms with Crippen molar-refractivity contribution in [3.8, 4) is 0 Å². The largest absolute Gasteiger partial charge is 0.145 e. The minimum atomic E-state index is 0.497. The third-order valence-electron chi connectivity index (χ3n) is 1.44. The summed E-state index contributed by atoms with van der Waals surface area (Å²) in [4.78, 5) is 0. The maximum absolute atomic E-state index is 2.33. The molecule has 0 aromatic carbocycles. The quantitative estimate of drug-likeness (QED) is 0.537. The Morgan fingerprint density at radius 1 is 1.00 bits per heavy atom. The first-order valence-electron chi connectivity index (χ1n) is 3.49. The minimum absolute atomic E-state index is 0.497. The van der Waals surface area contributed by atoms with Crippen LogP contribution in [0.1, 0.15) is 26.7 Å². The minimum Gasteiger partial charge on any atom is -0.145 e. The van der Waals surface area contributed by atoms with Crippen molar-refractivity contribution in [2.75, 3.05) is 11.5 Å². The van der Waals surface area contributed by atoms with Gasteiger partial charge < -0.3 is 0 Å². The molecule has 0 spiro atoms. The van der Waals surface area contributed by atoms with E-state index in [9.17, 15) is 0 Å². The Kier molecular flexibility index (Phi) is 2.77. The molecule has 54 valence electrons. The number of thioether (sulfide) groups is 2. The van der Waals surface area contributed by atoms with Gasteiger partial charge in [-0.3, -0.25) is 0 Å². The van der Waals surface area contributed by atoms with Crippen molar-refractivity contribution in [3.63, 3.8) is 0 Å². The lowest BCUT2D eigenvalue weighted by Crippen LogP contribution is -2.07. The molecule has 0 aromatic rings. The van der Waals surface area contributed by atoms with E-state index in [1.54, 1.807) is 0 Å². The lowest BCUT2D eigenvalue weighted by molar-refractivity contribution is 0.912. The third kappa shape index (κ3) is 2.85. The van der Waals surface area contributed by atoms with Crippen molar-refractivity contribution in [2.45, 2.75) is 30.8 Å². The summed E-state index contributed by atoms with van der Waals surface area (Å²) in [5.41, 5.74) is 0. The van der Waals surface area contributed by atoms with Crippen LogP contribution in [0.5, 0.6) is 0 Å². The number of hydrogen-bond donors (Lipinski definition) is 0. The van der Waals surface area contributed by atoms with Crippen molar-refractivity contribution in [3.05, 3.63) is 0 Å². The van der Waals surface area contributed by atoms with Gasteiger partial charge in [0.1, 0.15) is 0 Å². The second-order valence-electron chi connectivity index (χ2n) is 2.80. The summed E-state index contributed by atoms with van der Waals surface area (Å²) in [6.07, 6.45) is 2.84. The predicted molar refractivity (Wildman–Crippen MR) is 48.2 cm³/mol. The Bertz CT molecular complexity index is 78.9. The Morgan fingerprint density at radius 2 is 1.44 bits per heavy atom. The van der Waals surface area contributed by atoms with E-state index in [0.29, 0.717) is 4.08 Å². The van der Waals surface area contributed by atoms with E-state index < -0.39 is 0 Å². The zero-order chi connectivity index (χ0) is 6.74. The van der Waals surface area contributed by atoms with E-state index in [-0.39, 0.29) is 0 Å². The average Bonchev–Trinajstić information content (AvgIpc) is 1.92. The molecule has 1 rings (SSSR count). The van der Waals surface area contributed by atoms with Crippen LogP contribution >= 0.6 is 23.5 Å². The number of rotatable bonds is 0. The highest BCUT2D eigenvalue weighted by Gasteiger charge is 2.20. The van der Waals surface area contributed by atoms with Crippen LogP contribution in [0.4, 0.5) is 0 Å². The van der Waals surface area contributed by atoms with E-state index in [1.165, 1.54) is 24.3 Å². The second-order valence-corrected chi connectivity index (χ2v) is 6.50. The molecule has 2 heteroatoms. The van der Waals surface area contributed by atoms with Gasteiger partial charge in [-0.1, -0.05) is 0 Å². The van der Waals surface area contributed by atoms with E-state index in [0.717, 1.165) is 0 Å². The molecule has 0 amide bonds. The Labute approximate surface area is 66.2 Å². The third-order valence-corrected chi connectivity index (χ3v) is 4.52. The summed E-state index contributed by atoms with van der Waals surface area (Å²) in [7, 11) is 0. The van der Waals surface area contributed by atoms with Crippen LogP contribution in [-0.2, 0) is 0 Å². The van der Waals surface area contributed by atoms with Crippen LogP contribution in [0.3, 0.4) is 0 Å². The number of hydrogen-bond acceptors (Lipinski definition) is 2. The summed E-state index contributed by atoms with van der Waals surface area (Å²) in [5, 5.41) is 0. The van der Waals surface area contributed by atoms with Gasteiger partial charge in [0.2, 0.25) is 0 Å². The monoisotopic (exact) mass is 162 g/mol. The van der Waals surface area contributed by atoms with Crippen LogP contribution in [0.15, 0.2) is 0 Å². The molecule has 1 heterocycles. The van der Waals surface area contributed by atoms with E-state index in [2.05, 4.69) is 37.4 Å². The molecule has 0 radical (unpaired) electrons. The highest BCUT2D eigenvalue weighted by Crippen LogP contribution is 2.39. The predicted octanol–water partition coefficient (Wildman–Crippen LogP) is 2.98. The molecule has 0 unspecified atom stereocenters. The Hall–Kier alpha value is 0.700. The molecule has 0 bridgehead atoms. The summed E-state index contributed by atoms with van der Waals surface area (Å²) >= 11 is 4.21. The molecule has 1 saturated heterocycles. The van der Waals surface area contributed by atoms with Gasteiger partial charge in [-0.25, -0.2) is 0 Å². The maximum atomic E-state index is 2.33. The van der Waals surface area contributed by atoms with E-state index in [1.807, 2.05) is 0 Å². The van der Waals surface area contributed by atoms with Crippen molar-refractivity contribution >= 4 is 23.5 Å². The summed E-state index contributed by atoms with van der Waals surface area (Å²) in [5.74, 6) is 2.72. The highest BCUT2D eigenvalue weighted by atomic mass is 32.2. The van der Waals surface area contributed by atoms with Crippen LogP contribution in [0, 0.1) is 0 Å². The first-order valence-corrected chi connectivity index (χ1v) is 5.46. The van der Waals surface area contributed by atoms with Crippen molar-refractivity contribution in [1.29, 1.82) is 0 Å². The molecular weight excluding hydrogens is 148 g/mol. The van der Waals surface area contributed by atoms with Crippen LogP contribution < -0.4 is 0 Å². The summed E-state index contributed by atoms with van der Waals surface area (Å²) < 4.78 is 0.497. The molecule has 9 heavy (non-hydrogen) atoms. The molecule has 0 aromatic heterocycles. The van der Waals surface area contributed by atoms with E-state index in [4.69, 9.17) is 0 Å². The van der Waals surface area contributed by atoms with Gasteiger partial charge in [0.05, 0.1) is 4.08 Å². The fourth-order valence-corrected chi connectivity index (χ4v) is 3.40. The van der Waals surface area contributed by atoms with Gasteiger partial charge in [0.15, 0.2) is 0 Å². The fourth-order valence-electron chi connectivity index (χ4n) is 0.882. The molecule has 1 fully saturated rings. The molecule has 0 aliphatic carbocycles. The van der Waals surface area contributed by atoms with Gasteiger partial charge in [-0.05, 0) is 38.2 Å². The van der Waals surface area contributed by atoms with Gasteiger partial charge >= 0.3 is 0 Å². The molecule has 0 saturated carbocycles. The molecular formula is C7H14S2. The van der Waals surface area contributed by atoms with Crippen molar-refractivity contribution in [2.24, 2.45) is 0 Å². The van der Waals surface area contributed by atoms with E-state index >= 15 is 0 Å². The first-order chi connectivity index (χ1) is 4.21. The van der Waals surface area contributed by atoms with Gasteiger partial charge in [-0.15, -0.1) is 23.5 Å². The molecule has 0 atom stereocenters. The zero-order valence-corrected chi connectivity index (χ0v) is 7.78. The second kappa shape index (κ2) is 3.20. The maximum Gasteiger partial charge on any atom is 0.0555 e. The van der Waals surface area contributed by atoms with Gasteiger partial charge in [-0.2, -0.15) is 0 Å². The first kappa shape index (κ1) is 7.80.